The van der Waals surface area contributed by atoms with E-state index < -0.39 is 11.4 Å². The Morgan fingerprint density at radius 2 is 2.10 bits per heavy atom. The van der Waals surface area contributed by atoms with Gasteiger partial charge in [0.05, 0.1) is 12.0 Å². The number of carboxylic acids is 1. The molecule has 2 heterocycles. The molecule has 1 aliphatic heterocycles. The molecule has 1 atom stereocenters. The van der Waals surface area contributed by atoms with E-state index in [-0.39, 0.29) is 12.1 Å². The predicted molar refractivity (Wildman–Crippen MR) is 76.8 cm³/mol. The Labute approximate surface area is 123 Å². The number of hydrogen-bond acceptors (Lipinski definition) is 3. The van der Waals surface area contributed by atoms with Crippen molar-refractivity contribution in [1.82, 2.24) is 20.0 Å². The van der Waals surface area contributed by atoms with Crippen molar-refractivity contribution in [3.8, 4) is 0 Å². The van der Waals surface area contributed by atoms with Gasteiger partial charge in [0.2, 0.25) is 0 Å². The van der Waals surface area contributed by atoms with E-state index in [4.69, 9.17) is 0 Å². The molecule has 0 aliphatic carbocycles. The van der Waals surface area contributed by atoms with Crippen molar-refractivity contribution in [3.63, 3.8) is 0 Å². The van der Waals surface area contributed by atoms with E-state index >= 15 is 0 Å². The van der Waals surface area contributed by atoms with Gasteiger partial charge in [0.1, 0.15) is 0 Å². The van der Waals surface area contributed by atoms with Gasteiger partial charge in [-0.2, -0.15) is 5.10 Å². The molecular formula is C14H22N4O3. The zero-order chi connectivity index (χ0) is 15.5. The van der Waals surface area contributed by atoms with Crippen LogP contribution in [0.1, 0.15) is 26.7 Å². The first-order valence-corrected chi connectivity index (χ1v) is 7.17. The Kier molecular flexibility index (Phi) is 4.50. The van der Waals surface area contributed by atoms with E-state index in [1.807, 2.05) is 19.2 Å². The Morgan fingerprint density at radius 3 is 2.62 bits per heavy atom. The first-order valence-electron chi connectivity index (χ1n) is 7.17. The van der Waals surface area contributed by atoms with Crippen LogP contribution in [0.2, 0.25) is 0 Å². The number of rotatable bonds is 4. The maximum Gasteiger partial charge on any atom is 0.317 e. The highest BCUT2D eigenvalue weighted by Crippen LogP contribution is 2.30. The maximum atomic E-state index is 12.2. The molecule has 1 aliphatic rings. The average molecular weight is 294 g/mol. The first kappa shape index (κ1) is 15.3. The van der Waals surface area contributed by atoms with E-state index in [0.29, 0.717) is 32.5 Å². The lowest BCUT2D eigenvalue weighted by Crippen LogP contribution is -2.51. The Balaban J connectivity index is 1.81. The minimum absolute atomic E-state index is 0.0369. The number of carbonyl (C=O) groups excluding carboxylic acids is 1. The lowest BCUT2D eigenvalue weighted by atomic mass is 9.80. The van der Waals surface area contributed by atoms with Gasteiger partial charge in [0, 0.05) is 31.5 Å². The van der Waals surface area contributed by atoms with Crippen LogP contribution in [0.25, 0.3) is 0 Å². The molecule has 116 valence electrons. The minimum Gasteiger partial charge on any atom is -0.481 e. The lowest BCUT2D eigenvalue weighted by Gasteiger charge is -2.36. The number of nitrogens with one attached hydrogen (secondary N) is 1. The molecule has 0 saturated carbocycles. The SMILES string of the molecule is CC(Cn1cccn1)NC(=O)N1CCC(C)(C(=O)O)CC1. The average Bonchev–Trinajstić information content (AvgIpc) is 2.91. The van der Waals surface area contributed by atoms with Gasteiger partial charge in [-0.1, -0.05) is 0 Å². The molecule has 7 nitrogen and oxygen atoms in total. The van der Waals surface area contributed by atoms with Crippen molar-refractivity contribution in [2.24, 2.45) is 5.41 Å². The van der Waals surface area contributed by atoms with Crippen molar-refractivity contribution in [2.45, 2.75) is 39.3 Å². The van der Waals surface area contributed by atoms with Gasteiger partial charge in [-0.05, 0) is 32.8 Å². The third kappa shape index (κ3) is 3.74. The van der Waals surface area contributed by atoms with Crippen LogP contribution in [-0.4, -0.2) is 50.9 Å². The molecule has 1 aromatic heterocycles. The fourth-order valence-electron chi connectivity index (χ4n) is 2.45. The minimum atomic E-state index is -0.783. The first-order chi connectivity index (χ1) is 9.90. The van der Waals surface area contributed by atoms with Crippen LogP contribution in [0, 0.1) is 5.41 Å². The highest BCUT2D eigenvalue weighted by molar-refractivity contribution is 5.77. The van der Waals surface area contributed by atoms with Crippen LogP contribution in [-0.2, 0) is 11.3 Å². The number of piperidine rings is 1. The quantitative estimate of drug-likeness (QED) is 0.872. The number of urea groups is 1. The highest BCUT2D eigenvalue weighted by Gasteiger charge is 2.38. The fraction of sp³-hybridized carbons (Fsp3) is 0.643. The molecule has 2 rings (SSSR count). The van der Waals surface area contributed by atoms with Crippen LogP contribution in [0.3, 0.4) is 0 Å². The second kappa shape index (κ2) is 6.15. The molecule has 1 unspecified atom stereocenters. The number of carboxylic acid groups (broad SMARTS) is 1. The summed E-state index contributed by atoms with van der Waals surface area (Å²) >= 11 is 0. The Bertz CT molecular complexity index is 492. The monoisotopic (exact) mass is 294 g/mol. The predicted octanol–water partition coefficient (Wildman–Crippen LogP) is 1.17. The summed E-state index contributed by atoms with van der Waals surface area (Å²) in [5.41, 5.74) is -0.711. The fourth-order valence-corrected chi connectivity index (χ4v) is 2.45. The number of likely N-dealkylation sites (tertiary alicyclic amines) is 1. The number of hydrogen-bond donors (Lipinski definition) is 2. The van der Waals surface area contributed by atoms with Gasteiger partial charge in [-0.25, -0.2) is 4.79 Å². The van der Waals surface area contributed by atoms with E-state index in [1.165, 1.54) is 0 Å². The molecule has 2 N–H and O–H groups in total. The van der Waals surface area contributed by atoms with Gasteiger partial charge in [0.15, 0.2) is 0 Å². The van der Waals surface area contributed by atoms with Crippen LogP contribution >= 0.6 is 0 Å². The molecule has 0 radical (unpaired) electrons. The Morgan fingerprint density at radius 1 is 1.43 bits per heavy atom. The standard InChI is InChI=1S/C14H22N4O3/c1-11(10-18-7-3-6-15-18)16-13(21)17-8-4-14(2,5-9-17)12(19)20/h3,6-7,11H,4-5,8-10H2,1-2H3,(H,16,21)(H,19,20). The van der Waals surface area contributed by atoms with Crippen LogP contribution < -0.4 is 5.32 Å². The van der Waals surface area contributed by atoms with Crippen molar-refractivity contribution in [1.29, 1.82) is 0 Å². The number of nitrogens with zero attached hydrogens (tertiary/aromatic N) is 3. The smallest absolute Gasteiger partial charge is 0.317 e. The van der Waals surface area contributed by atoms with Crippen LogP contribution in [0.5, 0.6) is 0 Å². The number of aromatic nitrogens is 2. The van der Waals surface area contributed by atoms with E-state index in [0.717, 1.165) is 0 Å². The number of aliphatic carboxylic acids is 1. The van der Waals surface area contributed by atoms with Crippen molar-refractivity contribution in [2.75, 3.05) is 13.1 Å². The highest BCUT2D eigenvalue weighted by atomic mass is 16.4. The molecule has 0 bridgehead atoms. The topological polar surface area (TPSA) is 87.5 Å². The molecule has 0 spiro atoms. The molecule has 7 heteroatoms. The van der Waals surface area contributed by atoms with Gasteiger partial charge in [-0.15, -0.1) is 0 Å². The Hall–Kier alpha value is -2.05. The second-order valence-electron chi connectivity index (χ2n) is 5.93. The van der Waals surface area contributed by atoms with Crippen LogP contribution in [0.4, 0.5) is 4.79 Å². The molecule has 21 heavy (non-hydrogen) atoms. The third-order valence-corrected chi connectivity index (χ3v) is 4.06. The summed E-state index contributed by atoms with van der Waals surface area (Å²) in [4.78, 5) is 25.0. The van der Waals surface area contributed by atoms with Gasteiger partial charge in [-0.3, -0.25) is 9.48 Å². The largest absolute Gasteiger partial charge is 0.481 e. The summed E-state index contributed by atoms with van der Waals surface area (Å²) in [6, 6.07) is 1.67. The zero-order valence-corrected chi connectivity index (χ0v) is 12.5. The zero-order valence-electron chi connectivity index (χ0n) is 12.5. The van der Waals surface area contributed by atoms with E-state index in [9.17, 15) is 14.7 Å². The lowest BCUT2D eigenvalue weighted by molar-refractivity contribution is -0.150. The van der Waals surface area contributed by atoms with Gasteiger partial charge >= 0.3 is 12.0 Å². The summed E-state index contributed by atoms with van der Waals surface area (Å²) in [7, 11) is 0. The van der Waals surface area contributed by atoms with Gasteiger partial charge < -0.3 is 15.3 Å². The summed E-state index contributed by atoms with van der Waals surface area (Å²) in [6.45, 7) is 5.22. The van der Waals surface area contributed by atoms with Crippen molar-refractivity contribution in [3.05, 3.63) is 18.5 Å². The van der Waals surface area contributed by atoms with E-state index in [1.54, 1.807) is 22.7 Å². The number of amides is 2. The summed E-state index contributed by atoms with van der Waals surface area (Å²) < 4.78 is 1.77. The molecular weight excluding hydrogens is 272 g/mol. The molecule has 1 aromatic rings. The molecule has 0 aromatic carbocycles. The van der Waals surface area contributed by atoms with Gasteiger partial charge in [0.25, 0.3) is 0 Å². The number of carbonyl (C=O) groups is 2. The van der Waals surface area contributed by atoms with Crippen molar-refractivity contribution >= 4 is 12.0 Å². The second-order valence-corrected chi connectivity index (χ2v) is 5.93. The normalized spacial score (nSPS) is 19.0. The molecule has 1 saturated heterocycles. The molecule has 1 fully saturated rings. The van der Waals surface area contributed by atoms with E-state index in [2.05, 4.69) is 10.4 Å². The summed E-state index contributed by atoms with van der Waals surface area (Å²) in [6.07, 6.45) is 4.53. The van der Waals surface area contributed by atoms with Crippen molar-refractivity contribution < 1.29 is 14.7 Å². The third-order valence-electron chi connectivity index (χ3n) is 4.06. The summed E-state index contributed by atoms with van der Waals surface area (Å²) in [5, 5.41) is 16.2. The molecule has 2 amide bonds. The maximum absolute atomic E-state index is 12.2. The summed E-state index contributed by atoms with van der Waals surface area (Å²) in [5.74, 6) is -0.783. The van der Waals surface area contributed by atoms with Crippen LogP contribution in [0.15, 0.2) is 18.5 Å².